The fourth-order valence-corrected chi connectivity index (χ4v) is 1.48. The molecule has 0 saturated heterocycles. The summed E-state index contributed by atoms with van der Waals surface area (Å²) in [7, 11) is 1.24. The normalized spacial score (nSPS) is 10.1. The molecule has 0 unspecified atom stereocenters. The fourth-order valence-electron chi connectivity index (χ4n) is 1.48. The van der Waals surface area contributed by atoms with Gasteiger partial charge in [0, 0.05) is 13.0 Å². The average Bonchev–Trinajstić information content (AvgIpc) is 2.40. The summed E-state index contributed by atoms with van der Waals surface area (Å²) >= 11 is 0. The maximum atomic E-state index is 13.3. The van der Waals surface area contributed by atoms with Crippen LogP contribution in [0.4, 0.5) is 8.78 Å². The van der Waals surface area contributed by atoms with E-state index in [1.165, 1.54) is 7.11 Å². The van der Waals surface area contributed by atoms with Gasteiger partial charge in [0.25, 0.3) is 0 Å². The lowest BCUT2D eigenvalue weighted by molar-refractivity contribution is -0.142. The summed E-state index contributed by atoms with van der Waals surface area (Å²) in [4.78, 5) is 22.1. The molecular formula is C13H15F2NO3. The Morgan fingerprint density at radius 2 is 2.00 bits per heavy atom. The minimum Gasteiger partial charge on any atom is -0.469 e. The molecule has 0 saturated carbocycles. The molecule has 1 aromatic carbocycles. The zero-order chi connectivity index (χ0) is 14.3. The van der Waals surface area contributed by atoms with E-state index in [1.807, 2.05) is 0 Å². The molecule has 104 valence electrons. The number of halogens is 2. The van der Waals surface area contributed by atoms with Crippen molar-refractivity contribution in [3.63, 3.8) is 0 Å². The Labute approximate surface area is 109 Å². The second kappa shape index (κ2) is 7.45. The molecule has 0 aliphatic rings. The minimum atomic E-state index is -0.520. The molecule has 0 aromatic heterocycles. The Morgan fingerprint density at radius 1 is 1.26 bits per heavy atom. The Morgan fingerprint density at radius 3 is 2.68 bits per heavy atom. The lowest BCUT2D eigenvalue weighted by Crippen LogP contribution is -2.26. The van der Waals surface area contributed by atoms with Crippen LogP contribution in [0.5, 0.6) is 0 Å². The monoisotopic (exact) mass is 271 g/mol. The van der Waals surface area contributed by atoms with Crippen LogP contribution in [0.25, 0.3) is 0 Å². The van der Waals surface area contributed by atoms with E-state index in [0.717, 1.165) is 18.2 Å². The number of benzene rings is 1. The number of rotatable bonds is 6. The van der Waals surface area contributed by atoms with Gasteiger partial charge in [-0.2, -0.15) is 0 Å². The smallest absolute Gasteiger partial charge is 0.306 e. The van der Waals surface area contributed by atoms with E-state index in [9.17, 15) is 18.4 Å². The van der Waals surface area contributed by atoms with Gasteiger partial charge in [0.15, 0.2) is 0 Å². The molecule has 0 atom stereocenters. The highest BCUT2D eigenvalue weighted by Crippen LogP contribution is 2.09. The number of nitrogens with one attached hydrogen (secondary N) is 1. The van der Waals surface area contributed by atoms with Gasteiger partial charge in [-0.3, -0.25) is 9.59 Å². The third kappa shape index (κ3) is 5.46. The molecule has 1 aromatic rings. The summed E-state index contributed by atoms with van der Waals surface area (Å²) in [5, 5.41) is 2.52. The fraction of sp³-hybridized carbons (Fsp3) is 0.385. The van der Waals surface area contributed by atoms with Crippen LogP contribution in [0.1, 0.15) is 18.4 Å². The van der Waals surface area contributed by atoms with Gasteiger partial charge in [0.05, 0.1) is 13.5 Å². The van der Waals surface area contributed by atoms with Crippen LogP contribution in [0.15, 0.2) is 18.2 Å². The first-order valence-electron chi connectivity index (χ1n) is 5.80. The number of hydrogen-bond acceptors (Lipinski definition) is 3. The maximum absolute atomic E-state index is 13.3. The molecule has 1 rings (SSSR count). The molecule has 0 spiro atoms. The SMILES string of the molecule is COC(=O)CCC(=O)NCCc1cc(F)ccc1F. The summed E-state index contributed by atoms with van der Waals surface area (Å²) in [6, 6.07) is 3.17. The molecule has 1 amide bonds. The van der Waals surface area contributed by atoms with E-state index in [4.69, 9.17) is 0 Å². The Balaban J connectivity index is 2.32. The van der Waals surface area contributed by atoms with Crippen molar-refractivity contribution in [3.05, 3.63) is 35.4 Å². The Hall–Kier alpha value is -1.98. The van der Waals surface area contributed by atoms with Crippen molar-refractivity contribution in [1.29, 1.82) is 0 Å². The van der Waals surface area contributed by atoms with Crippen LogP contribution >= 0.6 is 0 Å². The van der Waals surface area contributed by atoms with E-state index in [-0.39, 0.29) is 37.3 Å². The molecule has 0 aliphatic heterocycles. The predicted octanol–water partition coefficient (Wildman–Crippen LogP) is 1.58. The first kappa shape index (κ1) is 15.1. The molecule has 4 nitrogen and oxygen atoms in total. The first-order chi connectivity index (χ1) is 9.02. The number of hydrogen-bond donors (Lipinski definition) is 1. The number of amides is 1. The first-order valence-corrected chi connectivity index (χ1v) is 5.80. The molecule has 19 heavy (non-hydrogen) atoms. The van der Waals surface area contributed by atoms with Crippen LogP contribution in [0.3, 0.4) is 0 Å². The van der Waals surface area contributed by atoms with Gasteiger partial charge < -0.3 is 10.1 Å². The summed E-state index contributed by atoms with van der Waals surface area (Å²) in [5.41, 5.74) is 0.202. The number of methoxy groups -OCH3 is 1. The molecule has 0 aliphatic carbocycles. The molecule has 1 N–H and O–H groups in total. The number of ether oxygens (including phenoxy) is 1. The standard InChI is InChI=1S/C13H15F2NO3/c1-19-13(18)5-4-12(17)16-7-6-9-8-10(14)2-3-11(9)15/h2-3,8H,4-7H2,1H3,(H,16,17). The van der Waals surface area contributed by atoms with Crippen molar-refractivity contribution in [3.8, 4) is 0 Å². The van der Waals surface area contributed by atoms with Crippen LogP contribution in [-0.4, -0.2) is 25.5 Å². The van der Waals surface area contributed by atoms with Crippen molar-refractivity contribution in [2.45, 2.75) is 19.3 Å². The lowest BCUT2D eigenvalue weighted by atomic mass is 10.1. The highest BCUT2D eigenvalue weighted by atomic mass is 19.1. The third-order valence-electron chi connectivity index (χ3n) is 2.51. The predicted molar refractivity (Wildman–Crippen MR) is 64.3 cm³/mol. The zero-order valence-electron chi connectivity index (χ0n) is 10.5. The van der Waals surface area contributed by atoms with Crippen LogP contribution < -0.4 is 5.32 Å². The summed E-state index contributed by atoms with van der Waals surface area (Å²) in [5.74, 6) is -1.83. The quantitative estimate of drug-likeness (QED) is 0.799. The number of esters is 1. The molecule has 0 bridgehead atoms. The van der Waals surface area contributed by atoms with Crippen LogP contribution in [-0.2, 0) is 20.7 Å². The van der Waals surface area contributed by atoms with Crippen molar-refractivity contribution in [1.82, 2.24) is 5.32 Å². The van der Waals surface area contributed by atoms with Crippen molar-refractivity contribution in [2.24, 2.45) is 0 Å². The minimum absolute atomic E-state index is 0.00331. The highest BCUT2D eigenvalue weighted by molar-refractivity contribution is 5.81. The van der Waals surface area contributed by atoms with Gasteiger partial charge in [-0.15, -0.1) is 0 Å². The summed E-state index contributed by atoms with van der Waals surface area (Å²) in [6.45, 7) is 0.181. The topological polar surface area (TPSA) is 55.4 Å². The zero-order valence-corrected chi connectivity index (χ0v) is 10.5. The van der Waals surface area contributed by atoms with Crippen molar-refractivity contribution < 1.29 is 23.1 Å². The van der Waals surface area contributed by atoms with E-state index in [2.05, 4.69) is 10.1 Å². The van der Waals surface area contributed by atoms with E-state index in [0.29, 0.717) is 0 Å². The van der Waals surface area contributed by atoms with Crippen LogP contribution in [0.2, 0.25) is 0 Å². The van der Waals surface area contributed by atoms with Gasteiger partial charge in [-0.25, -0.2) is 8.78 Å². The lowest BCUT2D eigenvalue weighted by Gasteiger charge is -2.06. The van der Waals surface area contributed by atoms with Gasteiger partial charge >= 0.3 is 5.97 Å². The van der Waals surface area contributed by atoms with E-state index in [1.54, 1.807) is 0 Å². The number of carbonyl (C=O) groups excluding carboxylic acids is 2. The second-order valence-corrected chi connectivity index (χ2v) is 3.91. The van der Waals surface area contributed by atoms with Crippen molar-refractivity contribution >= 4 is 11.9 Å². The third-order valence-corrected chi connectivity index (χ3v) is 2.51. The van der Waals surface area contributed by atoms with E-state index < -0.39 is 17.6 Å². The molecule has 6 heteroatoms. The Kier molecular flexibility index (Phi) is 5.92. The molecule has 0 radical (unpaired) electrons. The summed E-state index contributed by atoms with van der Waals surface area (Å²) < 4.78 is 30.5. The van der Waals surface area contributed by atoms with Crippen LogP contribution in [0, 0.1) is 11.6 Å². The molecule has 0 heterocycles. The molecule has 0 fully saturated rings. The van der Waals surface area contributed by atoms with E-state index >= 15 is 0 Å². The largest absolute Gasteiger partial charge is 0.469 e. The molecular weight excluding hydrogens is 256 g/mol. The maximum Gasteiger partial charge on any atom is 0.306 e. The van der Waals surface area contributed by atoms with Gasteiger partial charge in [0.2, 0.25) is 5.91 Å². The number of carbonyl (C=O) groups is 2. The average molecular weight is 271 g/mol. The van der Waals surface area contributed by atoms with Gasteiger partial charge in [-0.05, 0) is 30.2 Å². The van der Waals surface area contributed by atoms with Gasteiger partial charge in [-0.1, -0.05) is 0 Å². The van der Waals surface area contributed by atoms with Crippen molar-refractivity contribution in [2.75, 3.05) is 13.7 Å². The highest BCUT2D eigenvalue weighted by Gasteiger charge is 2.07. The van der Waals surface area contributed by atoms with Gasteiger partial charge in [0.1, 0.15) is 11.6 Å². The Bertz CT molecular complexity index is 463. The summed E-state index contributed by atoms with van der Waals surface area (Å²) in [6.07, 6.45) is 0.197. The second-order valence-electron chi connectivity index (χ2n) is 3.91.